The van der Waals surface area contributed by atoms with Gasteiger partial charge < -0.3 is 14.2 Å². The number of methoxy groups -OCH3 is 2. The van der Waals surface area contributed by atoms with Crippen molar-refractivity contribution in [1.82, 2.24) is 29.7 Å². The molecular formula is C25H27FN6O5S. The van der Waals surface area contributed by atoms with E-state index in [1.807, 2.05) is 6.92 Å². The lowest BCUT2D eigenvalue weighted by Crippen LogP contribution is -2.24. The molecule has 0 aliphatic carbocycles. The van der Waals surface area contributed by atoms with Gasteiger partial charge in [0.1, 0.15) is 34.5 Å². The van der Waals surface area contributed by atoms with E-state index in [-0.39, 0.29) is 23.9 Å². The highest BCUT2D eigenvalue weighted by atomic mass is 32.2. The van der Waals surface area contributed by atoms with Gasteiger partial charge in [-0.1, -0.05) is 12.1 Å². The number of hydrogen-bond donors (Lipinski definition) is 0. The lowest BCUT2D eigenvalue weighted by Gasteiger charge is -2.18. The van der Waals surface area contributed by atoms with E-state index in [1.165, 1.54) is 14.2 Å². The van der Waals surface area contributed by atoms with Gasteiger partial charge in [-0.15, -0.1) is 10.2 Å². The van der Waals surface area contributed by atoms with Crippen molar-refractivity contribution in [1.29, 1.82) is 0 Å². The molecule has 0 spiro atoms. The number of ether oxygens (including phenoxy) is 3. The maximum Gasteiger partial charge on any atom is 0.213 e. The highest BCUT2D eigenvalue weighted by molar-refractivity contribution is 7.91. The van der Waals surface area contributed by atoms with E-state index in [0.29, 0.717) is 35.4 Å². The first-order valence-electron chi connectivity index (χ1n) is 11.7. The van der Waals surface area contributed by atoms with Crippen LogP contribution in [-0.2, 0) is 22.0 Å². The Bertz CT molecular complexity index is 1490. The highest BCUT2D eigenvalue weighted by Gasteiger charge is 2.29. The zero-order valence-corrected chi connectivity index (χ0v) is 22.1. The molecule has 11 nitrogen and oxygen atoms in total. The first-order valence-corrected chi connectivity index (χ1v) is 13.4. The van der Waals surface area contributed by atoms with Crippen LogP contribution >= 0.6 is 0 Å². The maximum absolute atomic E-state index is 13.4. The predicted octanol–water partition coefficient (Wildman–Crippen LogP) is 3.22. The molecule has 3 heterocycles. The second-order valence-electron chi connectivity index (χ2n) is 8.22. The van der Waals surface area contributed by atoms with Gasteiger partial charge in [0.15, 0.2) is 27.3 Å². The molecule has 1 aromatic carbocycles. The fraction of sp³-hybridized carbons (Fsp3) is 0.320. The van der Waals surface area contributed by atoms with Crippen molar-refractivity contribution in [2.45, 2.75) is 31.3 Å². The molecule has 0 radical (unpaired) electrons. The molecule has 1 unspecified atom stereocenters. The van der Waals surface area contributed by atoms with E-state index in [2.05, 4.69) is 25.1 Å². The van der Waals surface area contributed by atoms with E-state index < -0.39 is 26.7 Å². The second kappa shape index (κ2) is 11.5. The third-order valence-corrected chi connectivity index (χ3v) is 7.74. The molecule has 0 saturated carbocycles. The number of aromatic nitrogens is 6. The molecule has 0 bridgehead atoms. The topological polar surface area (TPSA) is 131 Å². The first kappa shape index (κ1) is 26.9. The molecule has 0 amide bonds. The Morgan fingerprint density at radius 3 is 2.29 bits per heavy atom. The van der Waals surface area contributed by atoms with Crippen molar-refractivity contribution < 1.29 is 27.0 Å². The first-order chi connectivity index (χ1) is 18.3. The second-order valence-corrected chi connectivity index (χ2v) is 10.6. The number of nitrogens with zero attached hydrogens (tertiary/aromatic N) is 6. The number of rotatable bonds is 11. The van der Waals surface area contributed by atoms with Crippen LogP contribution in [0.1, 0.15) is 25.5 Å². The standard InChI is InChI=1S/C25H27FN6O5S/c1-5-37-23-11-6-8-18(29-23)25-31-30-22(32(25)24-19(35-3)9-7-10-20(24)36-4)15-38(33,34)16(2)12-21-27-13-17(26)14-28-21/h6-11,13-14,16H,5,12,15H2,1-4H3. The molecule has 1 atom stereocenters. The zero-order chi connectivity index (χ0) is 27.3. The van der Waals surface area contributed by atoms with Crippen LogP contribution in [0.15, 0.2) is 48.8 Å². The van der Waals surface area contributed by atoms with E-state index in [0.717, 1.165) is 12.4 Å². The number of halogens is 1. The Kier molecular flexibility index (Phi) is 8.15. The van der Waals surface area contributed by atoms with Gasteiger partial charge in [0, 0.05) is 12.5 Å². The summed E-state index contributed by atoms with van der Waals surface area (Å²) in [7, 11) is -0.806. The summed E-state index contributed by atoms with van der Waals surface area (Å²) in [5, 5.41) is 7.66. The quantitative estimate of drug-likeness (QED) is 0.278. The minimum absolute atomic E-state index is 0.000452. The molecular weight excluding hydrogens is 515 g/mol. The van der Waals surface area contributed by atoms with Crippen LogP contribution in [0.4, 0.5) is 4.39 Å². The Morgan fingerprint density at radius 2 is 1.66 bits per heavy atom. The van der Waals surface area contributed by atoms with Gasteiger partial charge in [0.05, 0.1) is 38.5 Å². The zero-order valence-electron chi connectivity index (χ0n) is 21.3. The Balaban J connectivity index is 1.81. The Labute approximate surface area is 219 Å². The number of hydrogen-bond acceptors (Lipinski definition) is 10. The van der Waals surface area contributed by atoms with Crippen molar-refractivity contribution >= 4 is 9.84 Å². The maximum atomic E-state index is 13.4. The smallest absolute Gasteiger partial charge is 0.213 e. The minimum Gasteiger partial charge on any atom is -0.494 e. The molecule has 3 aromatic heterocycles. The number of pyridine rings is 1. The van der Waals surface area contributed by atoms with Crippen LogP contribution in [-0.4, -0.2) is 64.2 Å². The Morgan fingerprint density at radius 1 is 1.00 bits per heavy atom. The van der Waals surface area contributed by atoms with Crippen molar-refractivity contribution in [2.75, 3.05) is 20.8 Å². The molecule has 38 heavy (non-hydrogen) atoms. The van der Waals surface area contributed by atoms with Crippen LogP contribution in [0, 0.1) is 5.82 Å². The van der Waals surface area contributed by atoms with Gasteiger partial charge in [-0.25, -0.2) is 27.8 Å². The molecule has 13 heteroatoms. The van der Waals surface area contributed by atoms with Gasteiger partial charge in [-0.3, -0.25) is 4.57 Å². The number of sulfone groups is 1. The molecule has 0 aliphatic heterocycles. The molecule has 4 aromatic rings. The summed E-state index contributed by atoms with van der Waals surface area (Å²) in [5.74, 6) is 0.761. The summed E-state index contributed by atoms with van der Waals surface area (Å²) in [4.78, 5) is 12.3. The SMILES string of the molecule is CCOc1cccc(-c2nnc(CS(=O)(=O)C(C)Cc3ncc(F)cn3)n2-c2c(OC)cccc2OC)n1. The lowest BCUT2D eigenvalue weighted by atomic mass is 10.2. The van der Waals surface area contributed by atoms with E-state index in [9.17, 15) is 12.8 Å². The normalized spacial score (nSPS) is 12.2. The third kappa shape index (κ3) is 5.72. The molecule has 0 fully saturated rings. The number of para-hydroxylation sites is 1. The Hall–Kier alpha value is -4.13. The van der Waals surface area contributed by atoms with E-state index in [1.54, 1.807) is 47.9 Å². The predicted molar refractivity (Wildman–Crippen MR) is 137 cm³/mol. The summed E-state index contributed by atoms with van der Waals surface area (Å²) < 4.78 is 58.3. The average Bonchev–Trinajstić information content (AvgIpc) is 3.32. The largest absolute Gasteiger partial charge is 0.494 e. The van der Waals surface area contributed by atoms with Crippen LogP contribution in [0.3, 0.4) is 0 Å². The highest BCUT2D eigenvalue weighted by Crippen LogP contribution is 2.36. The fourth-order valence-electron chi connectivity index (χ4n) is 3.78. The van der Waals surface area contributed by atoms with E-state index >= 15 is 0 Å². The molecule has 0 saturated heterocycles. The summed E-state index contributed by atoms with van der Waals surface area (Å²) in [6.45, 7) is 3.81. The molecule has 200 valence electrons. The minimum atomic E-state index is -3.80. The van der Waals surface area contributed by atoms with Crippen molar-refractivity contribution in [3.05, 3.63) is 66.3 Å². The van der Waals surface area contributed by atoms with E-state index in [4.69, 9.17) is 14.2 Å². The van der Waals surface area contributed by atoms with Crippen LogP contribution < -0.4 is 14.2 Å². The van der Waals surface area contributed by atoms with Crippen LogP contribution in [0.5, 0.6) is 17.4 Å². The summed E-state index contributed by atoms with van der Waals surface area (Å²) in [6.07, 6.45) is 2.00. The van der Waals surface area contributed by atoms with Gasteiger partial charge in [-0.2, -0.15) is 0 Å². The lowest BCUT2D eigenvalue weighted by molar-refractivity contribution is 0.327. The third-order valence-electron chi connectivity index (χ3n) is 5.69. The monoisotopic (exact) mass is 542 g/mol. The van der Waals surface area contributed by atoms with Crippen LogP contribution in [0.25, 0.3) is 17.2 Å². The summed E-state index contributed by atoms with van der Waals surface area (Å²) in [6, 6.07) is 10.4. The summed E-state index contributed by atoms with van der Waals surface area (Å²) >= 11 is 0. The molecule has 0 N–H and O–H groups in total. The van der Waals surface area contributed by atoms with Gasteiger partial charge in [0.25, 0.3) is 0 Å². The van der Waals surface area contributed by atoms with Gasteiger partial charge >= 0.3 is 0 Å². The van der Waals surface area contributed by atoms with Crippen LogP contribution in [0.2, 0.25) is 0 Å². The number of benzene rings is 1. The van der Waals surface area contributed by atoms with Gasteiger partial charge in [0.2, 0.25) is 5.88 Å². The van der Waals surface area contributed by atoms with Crippen molar-refractivity contribution in [2.24, 2.45) is 0 Å². The van der Waals surface area contributed by atoms with Crippen molar-refractivity contribution in [3.63, 3.8) is 0 Å². The average molecular weight is 543 g/mol. The van der Waals surface area contributed by atoms with Gasteiger partial charge in [-0.05, 0) is 32.0 Å². The molecule has 0 aliphatic rings. The fourth-order valence-corrected chi connectivity index (χ4v) is 5.02. The summed E-state index contributed by atoms with van der Waals surface area (Å²) in [5.41, 5.74) is 0.827. The van der Waals surface area contributed by atoms with Crippen molar-refractivity contribution in [3.8, 4) is 34.6 Å². The molecule has 4 rings (SSSR count).